The van der Waals surface area contributed by atoms with Crippen molar-refractivity contribution in [1.29, 1.82) is 0 Å². The van der Waals surface area contributed by atoms with Crippen molar-refractivity contribution in [3.63, 3.8) is 0 Å². The summed E-state index contributed by atoms with van der Waals surface area (Å²) in [5.74, 6) is 6.57. The van der Waals surface area contributed by atoms with E-state index in [2.05, 4.69) is 24.1 Å². The van der Waals surface area contributed by atoms with Crippen molar-refractivity contribution >= 4 is 11.6 Å². The molecule has 3 nitrogen and oxygen atoms in total. The molecule has 2 rings (SSSR count). The first kappa shape index (κ1) is 13.6. The summed E-state index contributed by atoms with van der Waals surface area (Å²) in [6.45, 7) is 2.51. The molecule has 2 atom stereocenters. The molecule has 2 unspecified atom stereocenters. The molecule has 0 radical (unpaired) electrons. The predicted molar refractivity (Wildman–Crippen MR) is 77.5 cm³/mol. The first-order valence-electron chi connectivity index (χ1n) is 6.80. The number of carbonyl (C=O) groups is 1. The number of nitrogens with one attached hydrogen (secondary N) is 1. The van der Waals surface area contributed by atoms with Crippen LogP contribution in [0.4, 0.5) is 5.69 Å². The van der Waals surface area contributed by atoms with Crippen molar-refractivity contribution < 1.29 is 4.79 Å². The monoisotopic (exact) mass is 256 g/mol. The number of carbonyl (C=O) groups excluding carboxylic acids is 1. The Bertz CT molecular complexity index is 496. The molecule has 3 heteroatoms. The molecular formula is C16H20N2O. The lowest BCUT2D eigenvalue weighted by Gasteiger charge is -2.15. The Morgan fingerprint density at radius 1 is 1.37 bits per heavy atom. The molecule has 0 aromatic heterocycles. The van der Waals surface area contributed by atoms with Gasteiger partial charge in [0.2, 0.25) is 5.91 Å². The molecular weight excluding hydrogens is 236 g/mol. The minimum atomic E-state index is 0.144. The molecule has 1 aliphatic rings. The minimum Gasteiger partial charge on any atom is -0.326 e. The summed E-state index contributed by atoms with van der Waals surface area (Å²) in [5.41, 5.74) is 7.07. The van der Waals surface area contributed by atoms with Crippen molar-refractivity contribution in [3.8, 4) is 11.8 Å². The van der Waals surface area contributed by atoms with Crippen molar-refractivity contribution in [2.45, 2.75) is 26.2 Å². The van der Waals surface area contributed by atoms with Crippen LogP contribution in [0.1, 0.15) is 31.7 Å². The van der Waals surface area contributed by atoms with E-state index in [9.17, 15) is 4.79 Å². The highest BCUT2D eigenvalue weighted by Crippen LogP contribution is 2.32. The van der Waals surface area contributed by atoms with E-state index >= 15 is 0 Å². The Labute approximate surface area is 114 Å². The summed E-state index contributed by atoms with van der Waals surface area (Å²) in [7, 11) is 0. The molecule has 0 bridgehead atoms. The van der Waals surface area contributed by atoms with Gasteiger partial charge in [0, 0.05) is 17.2 Å². The molecule has 1 fully saturated rings. The third-order valence-electron chi connectivity index (χ3n) is 3.69. The van der Waals surface area contributed by atoms with Gasteiger partial charge in [-0.1, -0.05) is 25.2 Å². The first-order chi connectivity index (χ1) is 9.20. The van der Waals surface area contributed by atoms with Crippen LogP contribution in [0.3, 0.4) is 0 Å². The van der Waals surface area contributed by atoms with Crippen molar-refractivity contribution in [2.75, 3.05) is 11.9 Å². The smallest absolute Gasteiger partial charge is 0.227 e. The van der Waals surface area contributed by atoms with Gasteiger partial charge >= 0.3 is 0 Å². The number of hydrogen-bond donors (Lipinski definition) is 2. The number of anilines is 1. The lowest BCUT2D eigenvalue weighted by atomic mass is 9.97. The topological polar surface area (TPSA) is 55.1 Å². The van der Waals surface area contributed by atoms with Crippen LogP contribution < -0.4 is 11.1 Å². The fourth-order valence-electron chi connectivity index (χ4n) is 2.56. The van der Waals surface area contributed by atoms with Crippen LogP contribution in [-0.2, 0) is 4.79 Å². The quantitative estimate of drug-likeness (QED) is 0.798. The Kier molecular flexibility index (Phi) is 4.59. The third kappa shape index (κ3) is 3.59. The summed E-state index contributed by atoms with van der Waals surface area (Å²) in [6, 6.07) is 7.57. The van der Waals surface area contributed by atoms with E-state index in [1.807, 2.05) is 24.3 Å². The van der Waals surface area contributed by atoms with Gasteiger partial charge in [-0.3, -0.25) is 4.79 Å². The van der Waals surface area contributed by atoms with Crippen LogP contribution in [0.5, 0.6) is 0 Å². The lowest BCUT2D eigenvalue weighted by molar-refractivity contribution is -0.120. The fourth-order valence-corrected chi connectivity index (χ4v) is 2.56. The van der Waals surface area contributed by atoms with E-state index in [-0.39, 0.29) is 11.8 Å². The molecule has 0 spiro atoms. The molecule has 1 aliphatic carbocycles. The second-order valence-corrected chi connectivity index (χ2v) is 5.09. The van der Waals surface area contributed by atoms with E-state index < -0.39 is 0 Å². The van der Waals surface area contributed by atoms with Gasteiger partial charge in [-0.15, -0.1) is 0 Å². The summed E-state index contributed by atoms with van der Waals surface area (Å²) in [5, 5.41) is 2.99. The number of nitrogens with two attached hydrogens (primary N) is 1. The zero-order valence-corrected chi connectivity index (χ0v) is 11.3. The molecule has 1 aromatic carbocycles. The lowest BCUT2D eigenvalue weighted by Crippen LogP contribution is -2.24. The minimum absolute atomic E-state index is 0.144. The zero-order chi connectivity index (χ0) is 13.7. The van der Waals surface area contributed by atoms with Crippen LogP contribution in [0.15, 0.2) is 24.3 Å². The average molecular weight is 256 g/mol. The summed E-state index contributed by atoms with van der Waals surface area (Å²) in [4.78, 5) is 12.1. The van der Waals surface area contributed by atoms with Gasteiger partial charge in [0.05, 0.1) is 6.54 Å². The molecule has 1 aromatic rings. The number of benzene rings is 1. The Balaban J connectivity index is 1.97. The Hall–Kier alpha value is -1.79. The fraction of sp³-hybridized carbons (Fsp3) is 0.438. The normalized spacial score (nSPS) is 21.6. The summed E-state index contributed by atoms with van der Waals surface area (Å²) >= 11 is 0. The average Bonchev–Trinajstić information content (AvgIpc) is 2.84. The highest BCUT2D eigenvalue weighted by molar-refractivity contribution is 5.92. The van der Waals surface area contributed by atoms with Gasteiger partial charge in [-0.05, 0) is 43.0 Å². The van der Waals surface area contributed by atoms with E-state index in [1.165, 1.54) is 0 Å². The van der Waals surface area contributed by atoms with Crippen LogP contribution in [0, 0.1) is 23.7 Å². The largest absolute Gasteiger partial charge is 0.326 e. The SMILES string of the molecule is CC1CCCC1C(=O)Nc1ccc(C#CCN)cc1. The molecule has 0 aliphatic heterocycles. The van der Waals surface area contributed by atoms with Gasteiger partial charge in [0.25, 0.3) is 0 Å². The van der Waals surface area contributed by atoms with Crippen LogP contribution >= 0.6 is 0 Å². The second-order valence-electron chi connectivity index (χ2n) is 5.09. The van der Waals surface area contributed by atoms with E-state index in [4.69, 9.17) is 5.73 Å². The number of amides is 1. The standard InChI is InChI=1S/C16H20N2O/c1-12-4-2-6-15(12)16(19)18-14-9-7-13(8-10-14)5-3-11-17/h7-10,12,15H,2,4,6,11,17H2,1H3,(H,18,19). The van der Waals surface area contributed by atoms with Gasteiger partial charge in [0.15, 0.2) is 0 Å². The van der Waals surface area contributed by atoms with Crippen molar-refractivity contribution in [1.82, 2.24) is 0 Å². The maximum Gasteiger partial charge on any atom is 0.227 e. The summed E-state index contributed by atoms with van der Waals surface area (Å²) in [6.07, 6.45) is 3.33. The molecule has 0 saturated heterocycles. The van der Waals surface area contributed by atoms with E-state index in [0.29, 0.717) is 12.5 Å². The maximum atomic E-state index is 12.1. The van der Waals surface area contributed by atoms with Gasteiger partial charge < -0.3 is 11.1 Å². The van der Waals surface area contributed by atoms with E-state index in [0.717, 1.165) is 30.5 Å². The predicted octanol–water partition coefficient (Wildman–Crippen LogP) is 2.37. The van der Waals surface area contributed by atoms with Crippen LogP contribution in [0.2, 0.25) is 0 Å². The summed E-state index contributed by atoms with van der Waals surface area (Å²) < 4.78 is 0. The Morgan fingerprint density at radius 2 is 2.11 bits per heavy atom. The highest BCUT2D eigenvalue weighted by atomic mass is 16.1. The molecule has 1 saturated carbocycles. The molecule has 1 amide bonds. The van der Waals surface area contributed by atoms with Crippen LogP contribution in [0.25, 0.3) is 0 Å². The second kappa shape index (κ2) is 6.40. The van der Waals surface area contributed by atoms with Gasteiger partial charge in [-0.2, -0.15) is 0 Å². The highest BCUT2D eigenvalue weighted by Gasteiger charge is 2.29. The van der Waals surface area contributed by atoms with Crippen molar-refractivity contribution in [2.24, 2.45) is 17.6 Å². The first-order valence-corrected chi connectivity index (χ1v) is 6.80. The zero-order valence-electron chi connectivity index (χ0n) is 11.3. The molecule has 100 valence electrons. The molecule has 3 N–H and O–H groups in total. The van der Waals surface area contributed by atoms with E-state index in [1.54, 1.807) is 0 Å². The Morgan fingerprint density at radius 3 is 2.68 bits per heavy atom. The molecule has 19 heavy (non-hydrogen) atoms. The van der Waals surface area contributed by atoms with Crippen molar-refractivity contribution in [3.05, 3.63) is 29.8 Å². The van der Waals surface area contributed by atoms with Crippen LogP contribution in [-0.4, -0.2) is 12.5 Å². The molecule has 0 heterocycles. The third-order valence-corrected chi connectivity index (χ3v) is 3.69. The maximum absolute atomic E-state index is 12.1. The number of rotatable bonds is 2. The number of hydrogen-bond acceptors (Lipinski definition) is 2. The van der Waals surface area contributed by atoms with Gasteiger partial charge in [-0.25, -0.2) is 0 Å². The van der Waals surface area contributed by atoms with Gasteiger partial charge in [0.1, 0.15) is 0 Å².